The van der Waals surface area contributed by atoms with E-state index in [9.17, 15) is 0 Å². The van der Waals surface area contributed by atoms with Gasteiger partial charge in [0.25, 0.3) is 0 Å². The smallest absolute Gasteiger partial charge is 0.103 e. The van der Waals surface area contributed by atoms with Gasteiger partial charge in [0.15, 0.2) is 0 Å². The summed E-state index contributed by atoms with van der Waals surface area (Å²) in [4.78, 5) is 0. The third-order valence-corrected chi connectivity index (χ3v) is 2.92. The third kappa shape index (κ3) is 1.75. The molecule has 0 aliphatic carbocycles. The lowest BCUT2D eigenvalue weighted by atomic mass is 10.1. The highest BCUT2D eigenvalue weighted by atomic mass is 16.5. The Morgan fingerprint density at radius 3 is 2.87 bits per heavy atom. The van der Waals surface area contributed by atoms with E-state index >= 15 is 0 Å². The largest absolute Gasteiger partial charge is 0.379 e. The predicted octanol–water partition coefficient (Wildman–Crippen LogP) is 1.72. The van der Waals surface area contributed by atoms with Gasteiger partial charge in [0, 0.05) is 6.61 Å². The Morgan fingerprint density at radius 1 is 1.53 bits per heavy atom. The summed E-state index contributed by atoms with van der Waals surface area (Å²) in [6.45, 7) is 5.40. The van der Waals surface area contributed by atoms with E-state index in [4.69, 9.17) is 10.00 Å². The van der Waals surface area contributed by atoms with Crippen LogP contribution < -0.4 is 0 Å². The van der Waals surface area contributed by atoms with Crippen molar-refractivity contribution < 1.29 is 4.74 Å². The first-order valence-corrected chi connectivity index (χ1v) is 5.27. The van der Waals surface area contributed by atoms with Crippen LogP contribution in [-0.4, -0.2) is 23.0 Å². The molecule has 1 fully saturated rings. The Morgan fingerprint density at radius 2 is 2.33 bits per heavy atom. The molecule has 0 radical (unpaired) electrons. The van der Waals surface area contributed by atoms with E-state index in [2.05, 4.69) is 11.2 Å². The number of ether oxygens (including phenoxy) is 1. The van der Waals surface area contributed by atoms with Gasteiger partial charge in [-0.2, -0.15) is 10.4 Å². The van der Waals surface area contributed by atoms with E-state index < -0.39 is 0 Å². The van der Waals surface area contributed by atoms with E-state index in [1.54, 1.807) is 0 Å². The van der Waals surface area contributed by atoms with Gasteiger partial charge >= 0.3 is 0 Å². The van der Waals surface area contributed by atoms with E-state index in [1.807, 2.05) is 18.5 Å². The van der Waals surface area contributed by atoms with Gasteiger partial charge in [0.2, 0.25) is 0 Å². The first kappa shape index (κ1) is 10.2. The Kier molecular flexibility index (Phi) is 2.74. The second-order valence-corrected chi connectivity index (χ2v) is 3.97. The van der Waals surface area contributed by atoms with Gasteiger partial charge in [-0.3, -0.25) is 4.68 Å². The molecule has 0 N–H and O–H groups in total. The van der Waals surface area contributed by atoms with Gasteiger partial charge in [-0.25, -0.2) is 0 Å². The molecule has 15 heavy (non-hydrogen) atoms. The van der Waals surface area contributed by atoms with Crippen molar-refractivity contribution in [2.45, 2.75) is 32.7 Å². The van der Waals surface area contributed by atoms with Gasteiger partial charge < -0.3 is 4.74 Å². The fourth-order valence-electron chi connectivity index (χ4n) is 2.10. The van der Waals surface area contributed by atoms with Crippen LogP contribution >= 0.6 is 0 Å². The molecule has 1 atom stereocenters. The highest BCUT2D eigenvalue weighted by molar-refractivity contribution is 5.36. The van der Waals surface area contributed by atoms with Crippen molar-refractivity contribution in [1.82, 2.24) is 9.78 Å². The highest BCUT2D eigenvalue weighted by Gasteiger charge is 2.21. The van der Waals surface area contributed by atoms with Crippen molar-refractivity contribution >= 4 is 0 Å². The number of aryl methyl sites for hydroxylation is 1. The zero-order valence-electron chi connectivity index (χ0n) is 9.16. The molecule has 0 saturated carbocycles. The molecule has 4 heteroatoms. The summed E-state index contributed by atoms with van der Waals surface area (Å²) in [6.07, 6.45) is 2.16. The van der Waals surface area contributed by atoms with Crippen LogP contribution in [0.25, 0.3) is 0 Å². The van der Waals surface area contributed by atoms with E-state index in [0.717, 1.165) is 30.8 Å². The molecule has 4 nitrogen and oxygen atoms in total. The standard InChI is InChI=1S/C11H15N3O/c1-8-11(6-12)9(2)14(13-8)10-4-3-5-15-7-10/h10H,3-5,7H2,1-2H3. The molecule has 1 saturated heterocycles. The van der Waals surface area contributed by atoms with Crippen LogP contribution in [0.5, 0.6) is 0 Å². The molecule has 2 heterocycles. The number of hydrogen-bond acceptors (Lipinski definition) is 3. The van der Waals surface area contributed by atoms with Crippen LogP contribution in [0.2, 0.25) is 0 Å². The molecule has 1 aromatic rings. The monoisotopic (exact) mass is 205 g/mol. The van der Waals surface area contributed by atoms with Crippen LogP contribution in [0.1, 0.15) is 35.8 Å². The Hall–Kier alpha value is -1.34. The van der Waals surface area contributed by atoms with Crippen LogP contribution in [-0.2, 0) is 4.74 Å². The van der Waals surface area contributed by atoms with Crippen molar-refractivity contribution in [2.75, 3.05) is 13.2 Å². The SMILES string of the molecule is Cc1nn(C2CCCOC2)c(C)c1C#N. The number of rotatable bonds is 1. The second kappa shape index (κ2) is 4.03. The molecule has 0 amide bonds. The van der Waals surface area contributed by atoms with Crippen LogP contribution in [0.15, 0.2) is 0 Å². The molecule has 0 bridgehead atoms. The molecule has 0 aromatic carbocycles. The lowest BCUT2D eigenvalue weighted by molar-refractivity contribution is 0.0541. The van der Waals surface area contributed by atoms with Gasteiger partial charge in [0.1, 0.15) is 6.07 Å². The summed E-state index contributed by atoms with van der Waals surface area (Å²) >= 11 is 0. The molecule has 1 aliphatic rings. The van der Waals surface area contributed by atoms with E-state index in [-0.39, 0.29) is 0 Å². The van der Waals surface area contributed by atoms with Crippen molar-refractivity contribution in [3.63, 3.8) is 0 Å². The lowest BCUT2D eigenvalue weighted by Crippen LogP contribution is -2.23. The van der Waals surface area contributed by atoms with Crippen molar-refractivity contribution in [1.29, 1.82) is 5.26 Å². The normalized spacial score (nSPS) is 21.3. The minimum Gasteiger partial charge on any atom is -0.379 e. The summed E-state index contributed by atoms with van der Waals surface area (Å²) in [5.41, 5.74) is 2.49. The molecular formula is C11H15N3O. The average Bonchev–Trinajstić information content (AvgIpc) is 2.55. The first-order valence-electron chi connectivity index (χ1n) is 5.27. The summed E-state index contributed by atoms with van der Waals surface area (Å²) in [5.74, 6) is 0. The summed E-state index contributed by atoms with van der Waals surface area (Å²) in [7, 11) is 0. The van der Waals surface area contributed by atoms with Crippen LogP contribution in [0, 0.1) is 25.2 Å². The van der Waals surface area contributed by atoms with Crippen molar-refractivity contribution in [3.05, 3.63) is 17.0 Å². The van der Waals surface area contributed by atoms with Gasteiger partial charge in [-0.15, -0.1) is 0 Å². The molecular weight excluding hydrogens is 190 g/mol. The molecule has 80 valence electrons. The lowest BCUT2D eigenvalue weighted by Gasteiger charge is -2.23. The zero-order valence-corrected chi connectivity index (χ0v) is 9.16. The van der Waals surface area contributed by atoms with Gasteiger partial charge in [0.05, 0.1) is 29.6 Å². The molecule has 0 spiro atoms. The summed E-state index contributed by atoms with van der Waals surface area (Å²) in [5, 5.41) is 13.4. The molecule has 1 unspecified atom stereocenters. The first-order chi connectivity index (χ1) is 7.24. The molecule has 1 aliphatic heterocycles. The fourth-order valence-corrected chi connectivity index (χ4v) is 2.10. The Balaban J connectivity index is 2.32. The van der Waals surface area contributed by atoms with Crippen LogP contribution in [0.3, 0.4) is 0 Å². The Bertz CT molecular complexity index is 397. The van der Waals surface area contributed by atoms with Crippen molar-refractivity contribution in [2.24, 2.45) is 0 Å². The number of hydrogen-bond donors (Lipinski definition) is 0. The highest BCUT2D eigenvalue weighted by Crippen LogP contribution is 2.23. The maximum absolute atomic E-state index is 8.98. The molecule has 1 aromatic heterocycles. The topological polar surface area (TPSA) is 50.8 Å². The van der Waals surface area contributed by atoms with E-state index in [1.165, 1.54) is 0 Å². The minimum absolute atomic E-state index is 0.305. The van der Waals surface area contributed by atoms with E-state index in [0.29, 0.717) is 18.2 Å². The maximum Gasteiger partial charge on any atom is 0.103 e. The number of aromatic nitrogens is 2. The van der Waals surface area contributed by atoms with Crippen LogP contribution in [0.4, 0.5) is 0 Å². The summed E-state index contributed by atoms with van der Waals surface area (Å²) in [6, 6.07) is 2.50. The zero-order chi connectivity index (χ0) is 10.8. The van der Waals surface area contributed by atoms with Gasteiger partial charge in [-0.05, 0) is 26.7 Å². The molecule has 2 rings (SSSR count). The van der Waals surface area contributed by atoms with Gasteiger partial charge in [-0.1, -0.05) is 0 Å². The van der Waals surface area contributed by atoms with Crippen molar-refractivity contribution in [3.8, 4) is 6.07 Å². The fraction of sp³-hybridized carbons (Fsp3) is 0.636. The third-order valence-electron chi connectivity index (χ3n) is 2.92. The number of nitriles is 1. The quantitative estimate of drug-likeness (QED) is 0.701. The Labute approximate surface area is 89.5 Å². The number of nitrogens with zero attached hydrogens (tertiary/aromatic N) is 3. The maximum atomic E-state index is 8.98. The average molecular weight is 205 g/mol. The minimum atomic E-state index is 0.305. The summed E-state index contributed by atoms with van der Waals surface area (Å²) < 4.78 is 7.38. The predicted molar refractivity (Wildman–Crippen MR) is 55.5 cm³/mol. The second-order valence-electron chi connectivity index (χ2n) is 3.97.